The summed E-state index contributed by atoms with van der Waals surface area (Å²) in [5.41, 5.74) is 0. The molecule has 0 atom stereocenters. The van der Waals surface area contributed by atoms with E-state index in [1.54, 1.807) is 0 Å². The molecule has 0 radical (unpaired) electrons. The minimum atomic E-state index is 0.429. The second kappa shape index (κ2) is 10.3. The van der Waals surface area contributed by atoms with Crippen LogP contribution in [0.4, 0.5) is 0 Å². The zero-order valence-electron chi connectivity index (χ0n) is 11.9. The van der Waals surface area contributed by atoms with Crippen LogP contribution in [0.3, 0.4) is 0 Å². The van der Waals surface area contributed by atoms with Crippen LogP contribution in [-0.4, -0.2) is 59.1 Å². The average molecular weight is 245 g/mol. The zero-order chi connectivity index (χ0) is 12.4. The standard InChI is InChI=1S/C12H31N3Si/c1-5-14(6-2)12(13-10-9-11-16)15(7-3)8-4/h12-13H,5-11H2,1-4,16H3. The van der Waals surface area contributed by atoms with Crippen LogP contribution in [0.2, 0.25) is 6.04 Å². The Labute approximate surface area is 105 Å². The molecule has 0 heterocycles. The van der Waals surface area contributed by atoms with Gasteiger partial charge in [0.2, 0.25) is 0 Å². The van der Waals surface area contributed by atoms with E-state index in [1.807, 2.05) is 0 Å². The second-order valence-corrected chi connectivity index (χ2v) is 5.12. The first-order valence-corrected chi connectivity index (χ1v) is 8.37. The fourth-order valence-electron chi connectivity index (χ4n) is 2.04. The van der Waals surface area contributed by atoms with Crippen molar-refractivity contribution in [3.8, 4) is 0 Å². The first-order valence-electron chi connectivity index (χ1n) is 6.96. The third-order valence-electron chi connectivity index (χ3n) is 3.17. The molecule has 0 aliphatic rings. The van der Waals surface area contributed by atoms with Gasteiger partial charge in [0.1, 0.15) is 6.29 Å². The van der Waals surface area contributed by atoms with E-state index in [2.05, 4.69) is 42.8 Å². The lowest BCUT2D eigenvalue weighted by Gasteiger charge is -2.38. The molecule has 1 N–H and O–H groups in total. The van der Waals surface area contributed by atoms with Crippen LogP contribution in [0.15, 0.2) is 0 Å². The van der Waals surface area contributed by atoms with E-state index in [4.69, 9.17) is 0 Å². The molecule has 98 valence electrons. The van der Waals surface area contributed by atoms with Crippen LogP contribution in [0.25, 0.3) is 0 Å². The largest absolute Gasteiger partial charge is 0.289 e. The highest BCUT2D eigenvalue weighted by atomic mass is 28.1. The van der Waals surface area contributed by atoms with Gasteiger partial charge in [0.15, 0.2) is 0 Å². The molecule has 0 unspecified atom stereocenters. The molecule has 0 aromatic carbocycles. The van der Waals surface area contributed by atoms with Gasteiger partial charge in [-0.25, -0.2) is 0 Å². The Bertz CT molecular complexity index is 135. The Hall–Kier alpha value is 0.0969. The van der Waals surface area contributed by atoms with Crippen molar-refractivity contribution in [1.29, 1.82) is 0 Å². The zero-order valence-corrected chi connectivity index (χ0v) is 13.9. The summed E-state index contributed by atoms with van der Waals surface area (Å²) in [6, 6.07) is 1.40. The van der Waals surface area contributed by atoms with Crippen molar-refractivity contribution in [2.75, 3.05) is 32.7 Å². The number of nitrogens with one attached hydrogen (secondary N) is 1. The van der Waals surface area contributed by atoms with Crippen LogP contribution in [0.1, 0.15) is 34.1 Å². The average Bonchev–Trinajstić information content (AvgIpc) is 2.31. The lowest BCUT2D eigenvalue weighted by Crippen LogP contribution is -2.56. The predicted octanol–water partition coefficient (Wildman–Crippen LogP) is 0.717. The number of hydrogen-bond acceptors (Lipinski definition) is 3. The topological polar surface area (TPSA) is 18.5 Å². The maximum Gasteiger partial charge on any atom is 0.117 e. The minimum Gasteiger partial charge on any atom is -0.289 e. The Kier molecular flexibility index (Phi) is 10.3. The number of rotatable bonds is 10. The smallest absolute Gasteiger partial charge is 0.117 e. The van der Waals surface area contributed by atoms with Gasteiger partial charge in [0.05, 0.1) is 0 Å². The molecule has 0 aromatic rings. The predicted molar refractivity (Wildman–Crippen MR) is 77.0 cm³/mol. The van der Waals surface area contributed by atoms with Crippen molar-refractivity contribution in [1.82, 2.24) is 15.1 Å². The SMILES string of the molecule is CCN(CC)C(NCCC[SiH3])N(CC)CC. The Balaban J connectivity index is 4.34. The summed E-state index contributed by atoms with van der Waals surface area (Å²) in [7, 11) is 1.33. The van der Waals surface area contributed by atoms with E-state index >= 15 is 0 Å². The van der Waals surface area contributed by atoms with Crippen molar-refractivity contribution in [2.24, 2.45) is 0 Å². The fourth-order valence-corrected chi connectivity index (χ4v) is 2.39. The van der Waals surface area contributed by atoms with Crippen molar-refractivity contribution in [3.63, 3.8) is 0 Å². The van der Waals surface area contributed by atoms with Gasteiger partial charge in [0, 0.05) is 10.2 Å². The van der Waals surface area contributed by atoms with Crippen molar-refractivity contribution >= 4 is 10.2 Å². The Morgan fingerprint density at radius 2 is 1.38 bits per heavy atom. The van der Waals surface area contributed by atoms with Crippen molar-refractivity contribution in [3.05, 3.63) is 0 Å². The Morgan fingerprint density at radius 3 is 1.69 bits per heavy atom. The summed E-state index contributed by atoms with van der Waals surface area (Å²) in [6.07, 6.45) is 1.75. The van der Waals surface area contributed by atoms with E-state index in [-0.39, 0.29) is 0 Å². The summed E-state index contributed by atoms with van der Waals surface area (Å²) in [5.74, 6) is 0. The fraction of sp³-hybridized carbons (Fsp3) is 1.00. The van der Waals surface area contributed by atoms with Gasteiger partial charge in [-0.3, -0.25) is 15.1 Å². The maximum atomic E-state index is 3.70. The van der Waals surface area contributed by atoms with Gasteiger partial charge in [-0.15, -0.1) is 0 Å². The molecule has 0 saturated carbocycles. The van der Waals surface area contributed by atoms with Crippen molar-refractivity contribution < 1.29 is 0 Å². The lowest BCUT2D eigenvalue weighted by atomic mass is 10.4. The number of hydrogen-bond donors (Lipinski definition) is 1. The lowest BCUT2D eigenvalue weighted by molar-refractivity contribution is 0.0309. The minimum absolute atomic E-state index is 0.429. The first-order chi connectivity index (χ1) is 7.74. The third kappa shape index (κ3) is 5.43. The summed E-state index contributed by atoms with van der Waals surface area (Å²) >= 11 is 0. The van der Waals surface area contributed by atoms with Crippen LogP contribution in [0, 0.1) is 0 Å². The molecule has 16 heavy (non-hydrogen) atoms. The molecule has 0 aliphatic heterocycles. The van der Waals surface area contributed by atoms with Gasteiger partial charge in [-0.2, -0.15) is 0 Å². The highest BCUT2D eigenvalue weighted by Gasteiger charge is 2.19. The summed E-state index contributed by atoms with van der Waals surface area (Å²) in [5, 5.41) is 3.70. The molecular formula is C12H31N3Si. The molecule has 0 saturated heterocycles. The van der Waals surface area contributed by atoms with Gasteiger partial charge in [0.25, 0.3) is 0 Å². The van der Waals surface area contributed by atoms with Crippen LogP contribution < -0.4 is 5.32 Å². The van der Waals surface area contributed by atoms with Gasteiger partial charge >= 0.3 is 0 Å². The highest BCUT2D eigenvalue weighted by molar-refractivity contribution is 6.08. The molecule has 0 spiro atoms. The molecule has 0 amide bonds. The van der Waals surface area contributed by atoms with Crippen LogP contribution in [-0.2, 0) is 0 Å². The van der Waals surface area contributed by atoms with E-state index < -0.39 is 0 Å². The maximum absolute atomic E-state index is 3.70. The summed E-state index contributed by atoms with van der Waals surface area (Å²) in [4.78, 5) is 5.00. The van der Waals surface area contributed by atoms with E-state index in [0.29, 0.717) is 6.29 Å². The van der Waals surface area contributed by atoms with Gasteiger partial charge in [-0.05, 0) is 39.1 Å². The van der Waals surface area contributed by atoms with E-state index in [9.17, 15) is 0 Å². The molecule has 0 fully saturated rings. The molecular weight excluding hydrogens is 214 g/mol. The van der Waals surface area contributed by atoms with E-state index in [0.717, 1.165) is 32.7 Å². The molecule has 0 aliphatic carbocycles. The summed E-state index contributed by atoms with van der Waals surface area (Å²) in [6.45, 7) is 14.6. The molecule has 4 heteroatoms. The monoisotopic (exact) mass is 245 g/mol. The first kappa shape index (κ1) is 16.1. The second-order valence-electron chi connectivity index (χ2n) is 4.12. The highest BCUT2D eigenvalue weighted by Crippen LogP contribution is 2.03. The molecule has 0 rings (SSSR count). The van der Waals surface area contributed by atoms with Crippen LogP contribution in [0.5, 0.6) is 0 Å². The van der Waals surface area contributed by atoms with Crippen molar-refractivity contribution in [2.45, 2.75) is 46.4 Å². The molecule has 0 bridgehead atoms. The van der Waals surface area contributed by atoms with Gasteiger partial charge < -0.3 is 0 Å². The Morgan fingerprint density at radius 1 is 0.938 bits per heavy atom. The van der Waals surface area contributed by atoms with Crippen LogP contribution >= 0.6 is 0 Å². The summed E-state index contributed by atoms with van der Waals surface area (Å²) < 4.78 is 0. The third-order valence-corrected chi connectivity index (χ3v) is 3.88. The van der Waals surface area contributed by atoms with Gasteiger partial charge in [-0.1, -0.05) is 33.7 Å². The molecule has 3 nitrogen and oxygen atoms in total. The number of nitrogens with zero attached hydrogens (tertiary/aromatic N) is 2. The van der Waals surface area contributed by atoms with E-state index in [1.165, 1.54) is 22.7 Å². The molecule has 0 aromatic heterocycles. The normalized spacial score (nSPS) is 12.2. The quantitative estimate of drug-likeness (QED) is 0.348.